The number of nitrogens with zero attached hydrogens (tertiary/aromatic N) is 4. The Kier molecular flexibility index (Phi) is 5.81. The Bertz CT molecular complexity index is 832. The maximum atomic E-state index is 14.3. The van der Waals surface area contributed by atoms with E-state index in [0.717, 1.165) is 18.5 Å². The van der Waals surface area contributed by atoms with Crippen LogP contribution in [0.4, 0.5) is 21.0 Å². The molecule has 2 aromatic rings. The van der Waals surface area contributed by atoms with Crippen molar-refractivity contribution in [2.45, 2.75) is 52.6 Å². The van der Waals surface area contributed by atoms with Crippen molar-refractivity contribution in [2.24, 2.45) is 5.92 Å². The van der Waals surface area contributed by atoms with Crippen LogP contribution in [0.15, 0.2) is 12.3 Å². The summed E-state index contributed by atoms with van der Waals surface area (Å²) in [6, 6.07) is 1.81. The van der Waals surface area contributed by atoms with Gasteiger partial charge in [-0.05, 0) is 52.9 Å². The highest BCUT2D eigenvalue weighted by Gasteiger charge is 2.28. The van der Waals surface area contributed by atoms with Gasteiger partial charge in [0.1, 0.15) is 5.60 Å². The largest absolute Gasteiger partial charge is 0.444 e. The number of ether oxygens (including phenoxy) is 1. The summed E-state index contributed by atoms with van der Waals surface area (Å²) in [5.41, 5.74) is 0.698. The molecule has 1 amide bonds. The van der Waals surface area contributed by atoms with Gasteiger partial charge in [-0.1, -0.05) is 0 Å². The number of aromatic nitrogens is 4. The summed E-state index contributed by atoms with van der Waals surface area (Å²) in [7, 11) is 0. The highest BCUT2D eigenvalue weighted by atomic mass is 19.1. The molecular weight excluding hydrogens is 363 g/mol. The second-order valence-corrected chi connectivity index (χ2v) is 8.19. The number of likely N-dealkylation sites (tertiary alicyclic amines) is 1. The van der Waals surface area contributed by atoms with E-state index < -0.39 is 11.4 Å². The summed E-state index contributed by atoms with van der Waals surface area (Å²) in [6.07, 6.45) is 3.04. The molecule has 3 heterocycles. The van der Waals surface area contributed by atoms with Crippen LogP contribution in [0.25, 0.3) is 0 Å². The predicted molar refractivity (Wildman–Crippen MR) is 103 cm³/mol. The van der Waals surface area contributed by atoms with Gasteiger partial charge in [0.05, 0.1) is 11.9 Å². The summed E-state index contributed by atoms with van der Waals surface area (Å²) in [5, 5.41) is 9.86. The van der Waals surface area contributed by atoms with Gasteiger partial charge in [-0.3, -0.25) is 5.10 Å². The summed E-state index contributed by atoms with van der Waals surface area (Å²) in [5.74, 6) is 0.538. The van der Waals surface area contributed by atoms with Gasteiger partial charge in [0.2, 0.25) is 5.95 Å². The first-order chi connectivity index (χ1) is 13.2. The lowest BCUT2D eigenvalue weighted by molar-refractivity contribution is 0.0165. The molecule has 9 heteroatoms. The number of carbonyl (C=O) groups excluding carboxylic acids is 1. The molecule has 8 nitrogen and oxygen atoms in total. The van der Waals surface area contributed by atoms with Crippen molar-refractivity contribution in [1.82, 2.24) is 25.1 Å². The number of aryl methyl sites for hydroxylation is 1. The molecule has 28 heavy (non-hydrogen) atoms. The van der Waals surface area contributed by atoms with Crippen LogP contribution in [-0.2, 0) is 11.2 Å². The van der Waals surface area contributed by atoms with Crippen molar-refractivity contribution in [3.63, 3.8) is 0 Å². The van der Waals surface area contributed by atoms with E-state index >= 15 is 0 Å². The summed E-state index contributed by atoms with van der Waals surface area (Å²) < 4.78 is 19.7. The van der Waals surface area contributed by atoms with Gasteiger partial charge in [0.15, 0.2) is 11.6 Å². The Morgan fingerprint density at radius 1 is 1.46 bits per heavy atom. The second kappa shape index (κ2) is 8.12. The van der Waals surface area contributed by atoms with Crippen LogP contribution in [0, 0.1) is 18.7 Å². The first kappa shape index (κ1) is 20.0. The number of aromatic amines is 1. The molecule has 1 aliphatic rings. The number of H-pyrrole nitrogens is 1. The molecule has 152 valence electrons. The Balaban J connectivity index is 1.65. The molecule has 1 fully saturated rings. The van der Waals surface area contributed by atoms with Gasteiger partial charge >= 0.3 is 6.09 Å². The number of anilines is 2. The van der Waals surface area contributed by atoms with Crippen LogP contribution in [-0.4, -0.2) is 49.8 Å². The van der Waals surface area contributed by atoms with Gasteiger partial charge < -0.3 is 15.0 Å². The van der Waals surface area contributed by atoms with Crippen molar-refractivity contribution in [2.75, 3.05) is 18.4 Å². The van der Waals surface area contributed by atoms with Crippen molar-refractivity contribution >= 4 is 17.9 Å². The van der Waals surface area contributed by atoms with E-state index in [2.05, 4.69) is 25.5 Å². The van der Waals surface area contributed by atoms with E-state index in [1.807, 2.05) is 33.8 Å². The lowest BCUT2D eigenvalue weighted by atomic mass is 9.93. The second-order valence-electron chi connectivity index (χ2n) is 8.19. The number of carbonyl (C=O) groups is 1. The average Bonchev–Trinajstić information content (AvgIpc) is 3.01. The zero-order valence-electron chi connectivity index (χ0n) is 16.8. The van der Waals surface area contributed by atoms with E-state index in [4.69, 9.17) is 4.74 Å². The Morgan fingerprint density at radius 2 is 2.25 bits per heavy atom. The van der Waals surface area contributed by atoms with Crippen LogP contribution in [0.2, 0.25) is 0 Å². The van der Waals surface area contributed by atoms with Crippen molar-refractivity contribution in [1.29, 1.82) is 0 Å². The number of piperidine rings is 1. The molecule has 1 aliphatic heterocycles. The van der Waals surface area contributed by atoms with Crippen LogP contribution in [0.1, 0.15) is 45.0 Å². The fourth-order valence-corrected chi connectivity index (χ4v) is 3.20. The monoisotopic (exact) mass is 390 g/mol. The maximum Gasteiger partial charge on any atom is 0.410 e. The molecule has 1 unspecified atom stereocenters. The average molecular weight is 390 g/mol. The number of hydrogen-bond acceptors (Lipinski definition) is 6. The van der Waals surface area contributed by atoms with Gasteiger partial charge in [0, 0.05) is 24.8 Å². The molecule has 2 aromatic heterocycles. The predicted octanol–water partition coefficient (Wildman–Crippen LogP) is 3.58. The number of amides is 1. The molecular formula is C19H27FN6O2. The highest BCUT2D eigenvalue weighted by molar-refractivity contribution is 5.68. The van der Waals surface area contributed by atoms with Gasteiger partial charge in [-0.25, -0.2) is 19.2 Å². The SMILES string of the molecule is Cc1cc(Nc2ncc(F)c(CC3CCCN(C(=O)OC(C)(C)C)C3)n2)n[nH]1. The fraction of sp³-hybridized carbons (Fsp3) is 0.579. The van der Waals surface area contributed by atoms with Gasteiger partial charge in [-0.2, -0.15) is 5.10 Å². The maximum absolute atomic E-state index is 14.3. The fourth-order valence-electron chi connectivity index (χ4n) is 3.20. The normalized spacial score (nSPS) is 17.5. The number of hydrogen-bond donors (Lipinski definition) is 2. The molecule has 2 N–H and O–H groups in total. The van der Waals surface area contributed by atoms with Crippen LogP contribution < -0.4 is 5.32 Å². The van der Waals surface area contributed by atoms with E-state index in [1.54, 1.807) is 4.90 Å². The molecule has 0 saturated carbocycles. The number of nitrogens with one attached hydrogen (secondary N) is 2. The first-order valence-corrected chi connectivity index (χ1v) is 9.48. The van der Waals surface area contributed by atoms with Crippen molar-refractivity contribution in [3.05, 3.63) is 29.5 Å². The van der Waals surface area contributed by atoms with E-state index in [-0.39, 0.29) is 12.0 Å². The molecule has 1 saturated heterocycles. The van der Waals surface area contributed by atoms with Crippen molar-refractivity contribution < 1.29 is 13.9 Å². The number of rotatable bonds is 4. The molecule has 0 aliphatic carbocycles. The summed E-state index contributed by atoms with van der Waals surface area (Å²) in [6.45, 7) is 8.60. The molecule has 0 aromatic carbocycles. The third-order valence-electron chi connectivity index (χ3n) is 4.42. The Hall–Kier alpha value is -2.71. The quantitative estimate of drug-likeness (QED) is 0.828. The van der Waals surface area contributed by atoms with Crippen LogP contribution >= 0.6 is 0 Å². The highest BCUT2D eigenvalue weighted by Crippen LogP contribution is 2.23. The lowest BCUT2D eigenvalue weighted by Crippen LogP contribution is -2.43. The van der Waals surface area contributed by atoms with E-state index in [9.17, 15) is 9.18 Å². The molecule has 0 bridgehead atoms. The number of halogens is 1. The van der Waals surface area contributed by atoms with E-state index in [0.29, 0.717) is 37.0 Å². The van der Waals surface area contributed by atoms with Gasteiger partial charge in [0.25, 0.3) is 0 Å². The van der Waals surface area contributed by atoms with Crippen molar-refractivity contribution in [3.8, 4) is 0 Å². The summed E-state index contributed by atoms with van der Waals surface area (Å²) >= 11 is 0. The third kappa shape index (κ3) is 5.40. The minimum absolute atomic E-state index is 0.117. The topological polar surface area (TPSA) is 96.0 Å². The smallest absolute Gasteiger partial charge is 0.410 e. The van der Waals surface area contributed by atoms with Crippen LogP contribution in [0.5, 0.6) is 0 Å². The zero-order chi connectivity index (χ0) is 20.3. The summed E-state index contributed by atoms with van der Waals surface area (Å²) in [4.78, 5) is 22.3. The standard InChI is InChI=1S/C19H27FN6O2/c1-12-8-16(25-24-12)23-17-21-10-14(20)15(22-17)9-13-6-5-7-26(11-13)18(27)28-19(2,3)4/h8,10,13H,5-7,9,11H2,1-4H3,(H2,21,22,23,24,25). The molecule has 1 atom stereocenters. The Labute approximate surface area is 163 Å². The minimum atomic E-state index is -0.534. The van der Waals surface area contributed by atoms with Crippen LogP contribution in [0.3, 0.4) is 0 Å². The van der Waals surface area contributed by atoms with Gasteiger partial charge in [-0.15, -0.1) is 0 Å². The molecule has 0 spiro atoms. The zero-order valence-corrected chi connectivity index (χ0v) is 16.8. The molecule has 3 rings (SSSR count). The minimum Gasteiger partial charge on any atom is -0.444 e. The van der Waals surface area contributed by atoms with E-state index in [1.165, 1.54) is 6.20 Å². The third-order valence-corrected chi connectivity index (χ3v) is 4.42. The first-order valence-electron chi connectivity index (χ1n) is 9.48. The lowest BCUT2D eigenvalue weighted by Gasteiger charge is -2.34. The molecule has 0 radical (unpaired) electrons. The Morgan fingerprint density at radius 3 is 2.93 bits per heavy atom.